The van der Waals surface area contributed by atoms with Gasteiger partial charge in [0, 0.05) is 33.3 Å². The first-order chi connectivity index (χ1) is 18.1. The van der Waals surface area contributed by atoms with Crippen molar-refractivity contribution in [3.05, 3.63) is 90.0 Å². The Hall–Kier alpha value is -3.48. The van der Waals surface area contributed by atoms with E-state index >= 15 is 0 Å². The van der Waals surface area contributed by atoms with Crippen molar-refractivity contribution in [3.63, 3.8) is 0 Å². The number of fused-ring (bicyclic) bond motifs is 1. The molecule has 2 aliphatic rings. The minimum absolute atomic E-state index is 0.109. The van der Waals surface area contributed by atoms with E-state index < -0.39 is 5.54 Å². The van der Waals surface area contributed by atoms with Crippen molar-refractivity contribution in [2.75, 3.05) is 33.5 Å². The van der Waals surface area contributed by atoms with Gasteiger partial charge in [-0.2, -0.15) is 0 Å². The molecule has 0 atom stereocenters. The van der Waals surface area contributed by atoms with Crippen molar-refractivity contribution < 1.29 is 14.3 Å². The molecule has 194 valence electrons. The highest BCUT2D eigenvalue weighted by atomic mass is 16.5. The monoisotopic (exact) mass is 499 g/mol. The first kappa shape index (κ1) is 26.6. The van der Waals surface area contributed by atoms with Gasteiger partial charge >= 0.3 is 6.03 Å². The second-order valence-corrected chi connectivity index (χ2v) is 9.30. The van der Waals surface area contributed by atoms with Crippen LogP contribution >= 0.6 is 0 Å². The van der Waals surface area contributed by atoms with Crippen LogP contribution in [0.15, 0.2) is 78.9 Å². The standard InChI is InChI=1S/C29H31N3O3.C2H6/c1-35-22-32-28(34)31(18-8-11-23-9-3-2-4-10-23)27(33)29(32)16-19-30(20-17-29)21-25-14-7-13-24-12-5-6-15-26(24)25;1-2/h2-15H,16-22H2,1H3;1-2H3/b11-8+;. The van der Waals surface area contributed by atoms with E-state index in [-0.39, 0.29) is 25.2 Å². The molecule has 0 saturated carbocycles. The summed E-state index contributed by atoms with van der Waals surface area (Å²) in [6, 6.07) is 24.5. The minimum atomic E-state index is -0.830. The van der Waals surface area contributed by atoms with Gasteiger partial charge in [-0.15, -0.1) is 0 Å². The number of hydrogen-bond donors (Lipinski definition) is 0. The Balaban J connectivity index is 0.00000156. The number of hydrogen-bond acceptors (Lipinski definition) is 4. The highest BCUT2D eigenvalue weighted by Crippen LogP contribution is 2.38. The summed E-state index contributed by atoms with van der Waals surface area (Å²) in [5.41, 5.74) is 1.49. The maximum absolute atomic E-state index is 13.6. The zero-order valence-electron chi connectivity index (χ0n) is 22.1. The van der Waals surface area contributed by atoms with Crippen LogP contribution in [0.1, 0.15) is 37.8 Å². The number of piperidine rings is 1. The number of amides is 3. The molecule has 2 fully saturated rings. The summed E-state index contributed by atoms with van der Waals surface area (Å²) in [5.74, 6) is -0.109. The lowest BCUT2D eigenvalue weighted by Gasteiger charge is -2.41. The van der Waals surface area contributed by atoms with Crippen molar-refractivity contribution in [1.82, 2.24) is 14.7 Å². The fourth-order valence-electron chi connectivity index (χ4n) is 5.35. The van der Waals surface area contributed by atoms with E-state index in [0.29, 0.717) is 12.8 Å². The smallest absolute Gasteiger partial charge is 0.329 e. The molecule has 3 aromatic rings. The van der Waals surface area contributed by atoms with E-state index in [1.54, 1.807) is 12.0 Å². The predicted molar refractivity (Wildman–Crippen MR) is 149 cm³/mol. The lowest BCUT2D eigenvalue weighted by atomic mass is 9.86. The van der Waals surface area contributed by atoms with Crippen LogP contribution < -0.4 is 0 Å². The van der Waals surface area contributed by atoms with Gasteiger partial charge in [0.05, 0.1) is 0 Å². The lowest BCUT2D eigenvalue weighted by Crippen LogP contribution is -2.56. The third kappa shape index (κ3) is 5.45. The van der Waals surface area contributed by atoms with Gasteiger partial charge in [0.2, 0.25) is 0 Å². The highest BCUT2D eigenvalue weighted by molar-refractivity contribution is 6.07. The third-order valence-electron chi connectivity index (χ3n) is 7.23. The van der Waals surface area contributed by atoms with E-state index in [4.69, 9.17) is 4.74 Å². The number of rotatable bonds is 7. The molecule has 2 heterocycles. The second kappa shape index (κ2) is 12.2. The minimum Gasteiger partial charge on any atom is -0.364 e. The van der Waals surface area contributed by atoms with Gasteiger partial charge in [-0.3, -0.25) is 19.5 Å². The average Bonchev–Trinajstić information content (AvgIpc) is 3.13. The summed E-state index contributed by atoms with van der Waals surface area (Å²) in [7, 11) is 1.57. The number of carbonyl (C=O) groups is 2. The Labute approximate surface area is 220 Å². The summed E-state index contributed by atoms with van der Waals surface area (Å²) in [6.07, 6.45) is 5.03. The Bertz CT molecular complexity index is 1230. The molecule has 3 aromatic carbocycles. The van der Waals surface area contributed by atoms with Crippen molar-refractivity contribution in [2.45, 2.75) is 38.8 Å². The zero-order chi connectivity index (χ0) is 26.3. The Morgan fingerprint density at radius 3 is 2.30 bits per heavy atom. The number of nitrogens with zero attached hydrogens (tertiary/aromatic N) is 3. The molecule has 37 heavy (non-hydrogen) atoms. The summed E-state index contributed by atoms with van der Waals surface area (Å²) in [5, 5.41) is 2.50. The number of benzene rings is 3. The average molecular weight is 500 g/mol. The van der Waals surface area contributed by atoms with Crippen LogP contribution in [0.25, 0.3) is 16.8 Å². The van der Waals surface area contributed by atoms with E-state index in [2.05, 4.69) is 47.4 Å². The molecule has 6 nitrogen and oxygen atoms in total. The van der Waals surface area contributed by atoms with Crippen LogP contribution in [-0.4, -0.2) is 65.7 Å². The van der Waals surface area contributed by atoms with Crippen molar-refractivity contribution >= 4 is 28.8 Å². The van der Waals surface area contributed by atoms with Crippen molar-refractivity contribution in [1.29, 1.82) is 0 Å². The molecule has 0 aromatic heterocycles. The van der Waals surface area contributed by atoms with Crippen LogP contribution in [0, 0.1) is 0 Å². The molecule has 1 spiro atoms. The van der Waals surface area contributed by atoms with Crippen LogP contribution in [-0.2, 0) is 16.1 Å². The molecule has 0 unspecified atom stereocenters. The van der Waals surface area contributed by atoms with E-state index in [9.17, 15) is 9.59 Å². The van der Waals surface area contributed by atoms with Crippen LogP contribution in [0.3, 0.4) is 0 Å². The lowest BCUT2D eigenvalue weighted by molar-refractivity contribution is -0.137. The van der Waals surface area contributed by atoms with Gasteiger partial charge in [0.25, 0.3) is 5.91 Å². The largest absolute Gasteiger partial charge is 0.364 e. The summed E-state index contributed by atoms with van der Waals surface area (Å²) < 4.78 is 5.36. The molecule has 0 bridgehead atoms. The summed E-state index contributed by atoms with van der Waals surface area (Å²) in [4.78, 5) is 32.3. The molecule has 2 aliphatic heterocycles. The van der Waals surface area contributed by atoms with Crippen LogP contribution in [0.4, 0.5) is 4.79 Å². The first-order valence-corrected chi connectivity index (χ1v) is 13.2. The van der Waals surface area contributed by atoms with Gasteiger partial charge in [-0.05, 0) is 34.7 Å². The molecular formula is C31H37N3O3. The summed E-state index contributed by atoms with van der Waals surface area (Å²) >= 11 is 0. The van der Waals surface area contributed by atoms with E-state index in [1.807, 2.05) is 56.3 Å². The van der Waals surface area contributed by atoms with Gasteiger partial charge in [0.15, 0.2) is 0 Å². The summed E-state index contributed by atoms with van der Waals surface area (Å²) in [6.45, 7) is 6.70. The van der Waals surface area contributed by atoms with E-state index in [1.165, 1.54) is 21.2 Å². The third-order valence-corrected chi connectivity index (χ3v) is 7.23. The number of ether oxygens (including phenoxy) is 1. The normalized spacial score (nSPS) is 17.6. The zero-order valence-corrected chi connectivity index (χ0v) is 22.1. The molecule has 3 amide bonds. The van der Waals surface area contributed by atoms with E-state index in [0.717, 1.165) is 25.2 Å². The Morgan fingerprint density at radius 1 is 0.892 bits per heavy atom. The fraction of sp³-hybridized carbons (Fsp3) is 0.355. The first-order valence-electron chi connectivity index (χ1n) is 13.2. The maximum atomic E-state index is 13.6. The number of carbonyl (C=O) groups excluding carboxylic acids is 2. The molecule has 2 saturated heterocycles. The van der Waals surface area contributed by atoms with Crippen molar-refractivity contribution in [3.8, 4) is 0 Å². The van der Waals surface area contributed by atoms with Crippen LogP contribution in [0.5, 0.6) is 0 Å². The van der Waals surface area contributed by atoms with Gasteiger partial charge in [-0.25, -0.2) is 4.79 Å². The highest BCUT2D eigenvalue weighted by Gasteiger charge is 2.57. The van der Waals surface area contributed by atoms with Gasteiger partial charge in [0.1, 0.15) is 12.3 Å². The SMILES string of the molecule is CC.COCN1C(=O)N(C/C=C/c2ccccc2)C(=O)C12CCN(Cc1cccc3ccccc13)CC2. The molecule has 5 rings (SSSR count). The predicted octanol–water partition coefficient (Wildman–Crippen LogP) is 5.78. The topological polar surface area (TPSA) is 53.1 Å². The number of methoxy groups -OCH3 is 1. The number of imide groups is 1. The Kier molecular flexibility index (Phi) is 8.74. The van der Waals surface area contributed by atoms with Gasteiger partial charge in [-0.1, -0.05) is 98.8 Å². The van der Waals surface area contributed by atoms with Crippen LogP contribution in [0.2, 0.25) is 0 Å². The molecule has 0 N–H and O–H groups in total. The maximum Gasteiger partial charge on any atom is 0.329 e. The van der Waals surface area contributed by atoms with Gasteiger partial charge < -0.3 is 4.74 Å². The Morgan fingerprint density at radius 2 is 1.57 bits per heavy atom. The number of urea groups is 1. The number of likely N-dealkylation sites (tertiary alicyclic amines) is 1. The van der Waals surface area contributed by atoms with Crippen molar-refractivity contribution in [2.24, 2.45) is 0 Å². The fourth-order valence-corrected chi connectivity index (χ4v) is 5.35. The quantitative estimate of drug-likeness (QED) is 0.387. The molecule has 0 aliphatic carbocycles. The second-order valence-electron chi connectivity index (χ2n) is 9.30. The molecule has 6 heteroatoms. The molecule has 0 radical (unpaired) electrons. The molecular weight excluding hydrogens is 462 g/mol.